The normalized spacial score (nSPS) is 11.5. The molecule has 0 unspecified atom stereocenters. The largest absolute Gasteiger partial charge is 0.229 e. The van der Waals surface area contributed by atoms with Crippen molar-refractivity contribution in [3.63, 3.8) is 0 Å². The van der Waals surface area contributed by atoms with Crippen LogP contribution in [0.5, 0.6) is 0 Å². The Bertz CT molecular complexity index is 977. The smallest absolute Gasteiger partial charge is 0.215 e. The average molecular weight is 354 g/mol. The molecule has 0 fully saturated rings. The van der Waals surface area contributed by atoms with Gasteiger partial charge in [-0.15, -0.1) is 16.4 Å². The van der Waals surface area contributed by atoms with Crippen LogP contribution in [0.3, 0.4) is 0 Å². The first-order chi connectivity index (χ1) is 11.7. The van der Waals surface area contributed by atoms with Crippen molar-refractivity contribution in [1.82, 2.24) is 30.2 Å². The number of fused-ring (bicyclic) bond motifs is 1. The lowest BCUT2D eigenvalue weighted by Crippen LogP contribution is -2.04. The summed E-state index contributed by atoms with van der Waals surface area (Å²) in [6.07, 6.45) is 1.60. The first kappa shape index (κ1) is 15.2. The van der Waals surface area contributed by atoms with Crippen molar-refractivity contribution < 1.29 is 0 Å². The zero-order valence-electron chi connectivity index (χ0n) is 13.1. The van der Waals surface area contributed by atoms with E-state index in [1.165, 1.54) is 11.8 Å². The van der Waals surface area contributed by atoms with Gasteiger partial charge in [0.2, 0.25) is 5.16 Å². The van der Waals surface area contributed by atoms with Crippen LogP contribution in [0.2, 0.25) is 0 Å². The highest BCUT2D eigenvalue weighted by molar-refractivity contribution is 7.99. The van der Waals surface area contributed by atoms with Gasteiger partial charge in [-0.2, -0.15) is 0 Å². The monoisotopic (exact) mass is 354 g/mol. The van der Waals surface area contributed by atoms with Gasteiger partial charge >= 0.3 is 0 Å². The van der Waals surface area contributed by atoms with Crippen LogP contribution >= 0.6 is 23.1 Å². The lowest BCUT2D eigenvalue weighted by atomic mass is 10.1. The van der Waals surface area contributed by atoms with Crippen molar-refractivity contribution in [2.24, 2.45) is 0 Å². The summed E-state index contributed by atoms with van der Waals surface area (Å²) in [6.45, 7) is 4.10. The predicted octanol–water partition coefficient (Wildman–Crippen LogP) is 4.08. The van der Waals surface area contributed by atoms with Crippen LogP contribution in [-0.2, 0) is 0 Å². The van der Waals surface area contributed by atoms with Crippen molar-refractivity contribution in [1.29, 1.82) is 0 Å². The van der Waals surface area contributed by atoms with Crippen LogP contribution in [-0.4, -0.2) is 30.2 Å². The number of rotatable bonds is 4. The molecule has 4 rings (SSSR count). The van der Waals surface area contributed by atoms with E-state index in [1.807, 2.05) is 18.2 Å². The predicted molar refractivity (Wildman–Crippen MR) is 95.2 cm³/mol. The minimum atomic E-state index is 0.191. The van der Waals surface area contributed by atoms with Gasteiger partial charge in [0, 0.05) is 10.9 Å². The average Bonchev–Trinajstić information content (AvgIpc) is 3.23. The molecule has 0 radical (unpaired) electrons. The maximum absolute atomic E-state index is 4.49. The van der Waals surface area contributed by atoms with E-state index in [-0.39, 0.29) is 6.04 Å². The highest BCUT2D eigenvalue weighted by Gasteiger charge is 2.17. The topological polar surface area (TPSA) is 69.4 Å². The Kier molecular flexibility index (Phi) is 3.99. The van der Waals surface area contributed by atoms with Gasteiger partial charge in [-0.05, 0) is 41.6 Å². The lowest BCUT2D eigenvalue weighted by molar-refractivity contribution is 0.477. The van der Waals surface area contributed by atoms with E-state index in [0.29, 0.717) is 0 Å². The number of benzene rings is 1. The third kappa shape index (κ3) is 2.67. The molecule has 0 saturated heterocycles. The summed E-state index contributed by atoms with van der Waals surface area (Å²) in [6, 6.07) is 10.5. The fourth-order valence-electron chi connectivity index (χ4n) is 2.42. The van der Waals surface area contributed by atoms with Crippen molar-refractivity contribution in [2.75, 3.05) is 0 Å². The van der Waals surface area contributed by atoms with E-state index in [1.54, 1.807) is 22.3 Å². The number of nitrogens with zero attached hydrogens (tertiary/aromatic N) is 6. The van der Waals surface area contributed by atoms with E-state index >= 15 is 0 Å². The molecule has 0 N–H and O–H groups in total. The van der Waals surface area contributed by atoms with Gasteiger partial charge in [-0.1, -0.05) is 30.3 Å². The summed E-state index contributed by atoms with van der Waals surface area (Å²) < 4.78 is 1.80. The molecule has 8 heteroatoms. The van der Waals surface area contributed by atoms with Crippen LogP contribution in [0.25, 0.3) is 21.3 Å². The Hall–Kier alpha value is -2.32. The van der Waals surface area contributed by atoms with Crippen LogP contribution in [0.15, 0.2) is 52.2 Å². The summed E-state index contributed by atoms with van der Waals surface area (Å²) in [5.74, 6) is 0. The standard InChI is InChI=1S/C16H14N6S2/c1-10(2)22-16(19-20-21-22)24-15-13-12(11-6-4-3-5-7-11)8-23-14(13)17-9-18-15/h3-10H,1-2H3. The molecule has 0 aliphatic rings. The van der Waals surface area contributed by atoms with Gasteiger partial charge in [-0.25, -0.2) is 14.6 Å². The number of thiophene rings is 1. The minimum Gasteiger partial charge on any atom is -0.229 e. The Balaban J connectivity index is 1.84. The first-order valence-electron chi connectivity index (χ1n) is 7.47. The molecule has 0 atom stereocenters. The molecular weight excluding hydrogens is 340 g/mol. The molecule has 0 saturated carbocycles. The van der Waals surface area contributed by atoms with Crippen LogP contribution in [0, 0.1) is 0 Å². The SMILES string of the molecule is CC(C)n1nnnc1Sc1ncnc2scc(-c3ccccc3)c12. The van der Waals surface area contributed by atoms with Gasteiger partial charge < -0.3 is 0 Å². The van der Waals surface area contributed by atoms with Gasteiger partial charge in [0.15, 0.2) is 0 Å². The molecule has 4 aromatic rings. The fourth-order valence-corrected chi connectivity index (χ4v) is 4.40. The highest BCUT2D eigenvalue weighted by atomic mass is 32.2. The maximum atomic E-state index is 4.49. The molecule has 0 aliphatic carbocycles. The van der Waals surface area contributed by atoms with Crippen molar-refractivity contribution >= 4 is 33.3 Å². The number of aromatic nitrogens is 6. The minimum absolute atomic E-state index is 0.191. The van der Waals surface area contributed by atoms with Crippen molar-refractivity contribution in [2.45, 2.75) is 30.1 Å². The fraction of sp³-hybridized carbons (Fsp3) is 0.188. The summed E-state index contributed by atoms with van der Waals surface area (Å²) in [5, 5.41) is 16.8. The summed E-state index contributed by atoms with van der Waals surface area (Å²) in [4.78, 5) is 9.87. The quantitative estimate of drug-likeness (QED) is 0.514. The van der Waals surface area contributed by atoms with Crippen LogP contribution in [0.1, 0.15) is 19.9 Å². The molecule has 24 heavy (non-hydrogen) atoms. The number of hydrogen-bond acceptors (Lipinski definition) is 7. The molecule has 0 amide bonds. The third-order valence-electron chi connectivity index (χ3n) is 3.56. The highest BCUT2D eigenvalue weighted by Crippen LogP contribution is 2.39. The molecule has 3 heterocycles. The third-order valence-corrected chi connectivity index (χ3v) is 5.40. The van der Waals surface area contributed by atoms with E-state index in [4.69, 9.17) is 0 Å². The van der Waals surface area contributed by atoms with Gasteiger partial charge in [0.25, 0.3) is 0 Å². The summed E-state index contributed by atoms with van der Waals surface area (Å²) in [7, 11) is 0. The Labute approximate surface area is 147 Å². The second-order valence-corrected chi connectivity index (χ2v) is 7.29. The van der Waals surface area contributed by atoms with Crippen molar-refractivity contribution in [3.8, 4) is 11.1 Å². The molecule has 120 valence electrons. The molecule has 0 aliphatic heterocycles. The molecule has 1 aromatic carbocycles. The van der Waals surface area contributed by atoms with E-state index in [9.17, 15) is 0 Å². The summed E-state index contributed by atoms with van der Waals surface area (Å²) in [5.41, 5.74) is 2.30. The number of tetrazole rings is 1. The zero-order valence-corrected chi connectivity index (χ0v) is 14.8. The van der Waals surface area contributed by atoms with Crippen LogP contribution in [0.4, 0.5) is 0 Å². The lowest BCUT2D eigenvalue weighted by Gasteiger charge is -2.08. The molecule has 3 aromatic heterocycles. The zero-order chi connectivity index (χ0) is 16.5. The Morgan fingerprint density at radius 1 is 1.12 bits per heavy atom. The van der Waals surface area contributed by atoms with E-state index in [2.05, 4.69) is 56.9 Å². The Morgan fingerprint density at radius 3 is 2.75 bits per heavy atom. The first-order valence-corrected chi connectivity index (χ1v) is 9.17. The van der Waals surface area contributed by atoms with Gasteiger partial charge in [0.05, 0.1) is 11.4 Å². The summed E-state index contributed by atoms with van der Waals surface area (Å²) >= 11 is 3.10. The van der Waals surface area contributed by atoms with Gasteiger partial charge in [-0.3, -0.25) is 0 Å². The van der Waals surface area contributed by atoms with Crippen LogP contribution < -0.4 is 0 Å². The number of hydrogen-bond donors (Lipinski definition) is 0. The molecular formula is C16H14N6S2. The molecule has 6 nitrogen and oxygen atoms in total. The second kappa shape index (κ2) is 6.29. The Morgan fingerprint density at radius 2 is 1.96 bits per heavy atom. The second-order valence-electron chi connectivity index (χ2n) is 5.48. The van der Waals surface area contributed by atoms with Crippen molar-refractivity contribution in [3.05, 3.63) is 42.0 Å². The molecule has 0 bridgehead atoms. The van der Waals surface area contributed by atoms with E-state index < -0.39 is 0 Å². The van der Waals surface area contributed by atoms with E-state index in [0.717, 1.165) is 31.5 Å². The maximum Gasteiger partial charge on any atom is 0.215 e. The van der Waals surface area contributed by atoms with Gasteiger partial charge in [0.1, 0.15) is 16.2 Å². The molecule has 0 spiro atoms.